The first-order chi connectivity index (χ1) is 46.6. The molecule has 0 bridgehead atoms. The third-order valence-electron chi connectivity index (χ3n) is 18.4. The maximum Gasteiger partial charge on any atom is 0.472 e. The summed E-state index contributed by atoms with van der Waals surface area (Å²) in [6.45, 7) is 7.30. The predicted molar refractivity (Wildman–Crippen MR) is 391 cm³/mol. The van der Waals surface area contributed by atoms with Crippen LogP contribution in [0.3, 0.4) is 0 Å². The number of rotatable bonds is 77. The van der Waals surface area contributed by atoms with E-state index >= 15 is 0 Å². The normalized spacial score (nSPS) is 14.2. The Morgan fingerprint density at radius 1 is 0.292 bits per heavy atom. The van der Waals surface area contributed by atoms with Crippen molar-refractivity contribution < 1.29 is 80.2 Å². The highest BCUT2D eigenvalue weighted by Gasteiger charge is 2.30. The second-order valence-electron chi connectivity index (χ2n) is 28.0. The van der Waals surface area contributed by atoms with E-state index in [4.69, 9.17) is 37.0 Å². The molecule has 0 aromatic carbocycles. The molecule has 0 aromatic rings. The SMILES string of the molecule is CCCCCCCCCCCCCCCCCCCC(=O)O[C@H](COC(=O)CCCCCCCCCCCCCCCCCC)COP(=O)(O)OC[C@@H](O)COP(=O)(O)OC[C@@H](COC(=O)CCCCCCCCCCCCC)OC(=O)CCCCCCCCCCC(C)CC. The minimum absolute atomic E-state index is 0.106. The van der Waals surface area contributed by atoms with Crippen LogP contribution in [0.25, 0.3) is 0 Å². The molecule has 0 heterocycles. The Bertz CT molecular complexity index is 1840. The fourth-order valence-corrected chi connectivity index (χ4v) is 13.4. The Balaban J connectivity index is 5.25. The standard InChI is InChI=1S/C77H150O17P2/c1-6-10-13-16-19-22-25-27-29-31-33-35-38-41-47-52-57-62-76(81)93-72(66-88-75(80)61-56-51-46-40-37-34-32-30-28-26-23-20-17-14-11-7-2)68-91-95(83,84)89-64-71(78)65-90-96(85,86)92-69-73(67-87-74(79)60-55-50-45-39-36-24-21-18-15-12-8-3)94-77(82)63-58-53-48-43-42-44-49-54-59-70(5)9-4/h70-73,78H,6-69H2,1-5H3,(H,83,84)(H,85,86)/t70?,71-,72-,73-/m1/s1. The summed E-state index contributed by atoms with van der Waals surface area (Å²) >= 11 is 0. The Morgan fingerprint density at radius 2 is 0.500 bits per heavy atom. The lowest BCUT2D eigenvalue weighted by molar-refractivity contribution is -0.161. The molecule has 0 rings (SSSR count). The van der Waals surface area contributed by atoms with Gasteiger partial charge in [0, 0.05) is 25.7 Å². The molecule has 0 aliphatic carbocycles. The molecule has 0 radical (unpaired) electrons. The first-order valence-electron chi connectivity index (χ1n) is 40.2. The van der Waals surface area contributed by atoms with Gasteiger partial charge in [-0.3, -0.25) is 37.3 Å². The van der Waals surface area contributed by atoms with E-state index in [-0.39, 0.29) is 25.7 Å². The highest BCUT2D eigenvalue weighted by molar-refractivity contribution is 7.47. The first-order valence-corrected chi connectivity index (χ1v) is 43.2. The number of esters is 4. The van der Waals surface area contributed by atoms with Crippen LogP contribution in [0.2, 0.25) is 0 Å². The molecule has 0 aromatic heterocycles. The van der Waals surface area contributed by atoms with Crippen molar-refractivity contribution in [3.8, 4) is 0 Å². The summed E-state index contributed by atoms with van der Waals surface area (Å²) in [6.07, 6.45) is 59.5. The zero-order chi connectivity index (χ0) is 70.5. The van der Waals surface area contributed by atoms with Crippen LogP contribution in [-0.2, 0) is 65.4 Å². The average Bonchev–Trinajstić information content (AvgIpc) is 1.39. The van der Waals surface area contributed by atoms with Gasteiger partial charge in [-0.1, -0.05) is 356 Å². The maximum atomic E-state index is 13.1. The van der Waals surface area contributed by atoms with E-state index in [1.807, 2.05) is 0 Å². The number of phosphoric ester groups is 2. The molecule has 0 spiro atoms. The quantitative estimate of drug-likeness (QED) is 0.0222. The van der Waals surface area contributed by atoms with Gasteiger partial charge in [-0.25, -0.2) is 9.13 Å². The molecular weight excluding hydrogens is 1260 g/mol. The molecule has 3 unspecified atom stereocenters. The van der Waals surface area contributed by atoms with Gasteiger partial charge in [0.15, 0.2) is 12.2 Å². The fraction of sp³-hybridized carbons (Fsp3) is 0.948. The third kappa shape index (κ3) is 69.2. The van der Waals surface area contributed by atoms with Crippen molar-refractivity contribution in [2.75, 3.05) is 39.6 Å². The fourth-order valence-electron chi connectivity index (χ4n) is 11.8. The van der Waals surface area contributed by atoms with Crippen molar-refractivity contribution in [3.63, 3.8) is 0 Å². The smallest absolute Gasteiger partial charge is 0.462 e. The lowest BCUT2D eigenvalue weighted by Gasteiger charge is -2.21. The minimum Gasteiger partial charge on any atom is -0.462 e. The zero-order valence-corrected chi connectivity index (χ0v) is 64.3. The Hall–Kier alpha value is -1.94. The van der Waals surface area contributed by atoms with Gasteiger partial charge in [0.1, 0.15) is 19.3 Å². The lowest BCUT2D eigenvalue weighted by Crippen LogP contribution is -2.30. The number of aliphatic hydroxyl groups excluding tert-OH is 1. The number of hydrogen-bond acceptors (Lipinski definition) is 15. The molecule has 19 heteroatoms. The molecule has 0 fully saturated rings. The van der Waals surface area contributed by atoms with E-state index in [0.29, 0.717) is 25.7 Å². The highest BCUT2D eigenvalue weighted by Crippen LogP contribution is 2.45. The maximum absolute atomic E-state index is 13.1. The number of carbonyl (C=O) groups excluding carboxylic acids is 4. The number of phosphoric acid groups is 2. The highest BCUT2D eigenvalue weighted by atomic mass is 31.2. The van der Waals surface area contributed by atoms with Gasteiger partial charge in [-0.2, -0.15) is 0 Å². The molecule has 570 valence electrons. The van der Waals surface area contributed by atoms with Gasteiger partial charge in [0.2, 0.25) is 0 Å². The molecule has 0 aliphatic rings. The summed E-state index contributed by atoms with van der Waals surface area (Å²) in [5.74, 6) is -1.34. The van der Waals surface area contributed by atoms with Crippen LogP contribution in [0.15, 0.2) is 0 Å². The summed E-state index contributed by atoms with van der Waals surface area (Å²) in [4.78, 5) is 72.9. The van der Waals surface area contributed by atoms with E-state index in [1.165, 1.54) is 231 Å². The van der Waals surface area contributed by atoms with Crippen LogP contribution in [0.1, 0.15) is 407 Å². The van der Waals surface area contributed by atoms with Gasteiger partial charge in [0.25, 0.3) is 0 Å². The van der Waals surface area contributed by atoms with E-state index < -0.39 is 97.5 Å². The average molecular weight is 1410 g/mol. The number of carbonyl (C=O) groups is 4. The monoisotopic (exact) mass is 1410 g/mol. The number of hydrogen-bond donors (Lipinski definition) is 3. The second kappa shape index (κ2) is 70.1. The molecule has 0 saturated heterocycles. The topological polar surface area (TPSA) is 237 Å². The van der Waals surface area contributed by atoms with Crippen LogP contribution < -0.4 is 0 Å². The van der Waals surface area contributed by atoms with Crippen LogP contribution in [0.4, 0.5) is 0 Å². The van der Waals surface area contributed by atoms with Crippen molar-refractivity contribution in [2.45, 2.75) is 425 Å². The van der Waals surface area contributed by atoms with E-state index in [0.717, 1.165) is 95.8 Å². The second-order valence-corrected chi connectivity index (χ2v) is 30.9. The van der Waals surface area contributed by atoms with Crippen molar-refractivity contribution in [1.29, 1.82) is 0 Å². The van der Waals surface area contributed by atoms with Gasteiger partial charge in [0.05, 0.1) is 26.4 Å². The molecule has 0 saturated carbocycles. The number of ether oxygens (including phenoxy) is 4. The van der Waals surface area contributed by atoms with Crippen molar-refractivity contribution in [1.82, 2.24) is 0 Å². The third-order valence-corrected chi connectivity index (χ3v) is 20.3. The Kier molecular flexibility index (Phi) is 68.7. The summed E-state index contributed by atoms with van der Waals surface area (Å²) in [7, 11) is -9.91. The molecule has 0 aliphatic heterocycles. The van der Waals surface area contributed by atoms with Crippen molar-refractivity contribution in [3.05, 3.63) is 0 Å². The van der Waals surface area contributed by atoms with Crippen molar-refractivity contribution in [2.24, 2.45) is 5.92 Å². The Labute approximate surface area is 588 Å². The van der Waals surface area contributed by atoms with Gasteiger partial charge in [-0.15, -0.1) is 0 Å². The van der Waals surface area contributed by atoms with E-state index in [9.17, 15) is 43.2 Å². The van der Waals surface area contributed by atoms with Gasteiger partial charge < -0.3 is 33.8 Å². The van der Waals surface area contributed by atoms with Crippen LogP contribution in [0, 0.1) is 5.92 Å². The Morgan fingerprint density at radius 3 is 0.740 bits per heavy atom. The van der Waals surface area contributed by atoms with Gasteiger partial charge >= 0.3 is 39.5 Å². The molecule has 96 heavy (non-hydrogen) atoms. The summed E-state index contributed by atoms with van der Waals surface area (Å²) in [5, 5.41) is 10.6. The minimum atomic E-state index is -4.96. The van der Waals surface area contributed by atoms with E-state index in [2.05, 4.69) is 34.6 Å². The largest absolute Gasteiger partial charge is 0.472 e. The molecule has 3 N–H and O–H groups in total. The van der Waals surface area contributed by atoms with Crippen LogP contribution >= 0.6 is 15.6 Å². The van der Waals surface area contributed by atoms with E-state index in [1.54, 1.807) is 0 Å². The summed E-state index contributed by atoms with van der Waals surface area (Å²) in [6, 6.07) is 0. The first kappa shape index (κ1) is 94.1. The molecule has 17 nitrogen and oxygen atoms in total. The lowest BCUT2D eigenvalue weighted by atomic mass is 9.99. The summed E-state index contributed by atoms with van der Waals surface area (Å²) in [5.41, 5.74) is 0. The van der Waals surface area contributed by atoms with Gasteiger partial charge in [-0.05, 0) is 31.6 Å². The van der Waals surface area contributed by atoms with Crippen LogP contribution in [0.5, 0.6) is 0 Å². The predicted octanol–water partition coefficient (Wildman–Crippen LogP) is 22.9. The number of aliphatic hydroxyl groups is 1. The molecule has 6 atom stereocenters. The zero-order valence-electron chi connectivity index (χ0n) is 62.5. The summed E-state index contributed by atoms with van der Waals surface area (Å²) < 4.78 is 68.6. The van der Waals surface area contributed by atoms with Crippen LogP contribution in [-0.4, -0.2) is 96.7 Å². The van der Waals surface area contributed by atoms with Crippen molar-refractivity contribution >= 4 is 39.5 Å². The molecular formula is C77H150O17P2. The molecule has 0 amide bonds. The number of unbranched alkanes of at least 4 members (excludes halogenated alkanes) is 48.